The number of benzene rings is 4. The number of Topliss-reactive ketones (excluding diaryl/α,β-unsaturated/α-hetero) is 1. The molecule has 0 unspecified atom stereocenters. The summed E-state index contributed by atoms with van der Waals surface area (Å²) in [5.41, 5.74) is 3.32. The zero-order valence-corrected chi connectivity index (χ0v) is 23.9. The molecule has 0 bridgehead atoms. The van der Waals surface area contributed by atoms with Gasteiger partial charge in [0.25, 0.3) is 0 Å². The number of hydrogen-bond acceptors (Lipinski definition) is 8. The van der Waals surface area contributed by atoms with Gasteiger partial charge in [-0.1, -0.05) is 48.2 Å². The van der Waals surface area contributed by atoms with Gasteiger partial charge in [-0.25, -0.2) is 0 Å². The molecule has 0 fully saturated rings. The summed E-state index contributed by atoms with van der Waals surface area (Å²) in [6.45, 7) is 0. The van der Waals surface area contributed by atoms with Crippen LogP contribution in [0.1, 0.15) is 10.4 Å². The van der Waals surface area contributed by atoms with Crippen molar-refractivity contribution in [2.45, 2.75) is 5.16 Å². The fourth-order valence-corrected chi connectivity index (χ4v) is 5.32. The Morgan fingerprint density at radius 1 is 0.825 bits per heavy atom. The number of hydrogen-bond donors (Lipinski definition) is 0. The molecule has 0 spiro atoms. The van der Waals surface area contributed by atoms with E-state index in [-0.39, 0.29) is 11.5 Å². The lowest BCUT2D eigenvalue weighted by molar-refractivity contribution is 0.102. The van der Waals surface area contributed by atoms with Crippen LogP contribution in [0.15, 0.2) is 84.0 Å². The van der Waals surface area contributed by atoms with Crippen LogP contribution < -0.4 is 19.1 Å². The number of carbonyl (C=O) groups is 1. The SMILES string of the molecule is COc1cc(-c2nnc(SCC(=O)c3ccc4ccccc4c3)n2-c2ccc(N(C)C)cc2)cc(OC)c1OC. The van der Waals surface area contributed by atoms with Crippen LogP contribution in [0.3, 0.4) is 0 Å². The van der Waals surface area contributed by atoms with E-state index < -0.39 is 0 Å². The van der Waals surface area contributed by atoms with Crippen LogP contribution >= 0.6 is 11.8 Å². The lowest BCUT2D eigenvalue weighted by Crippen LogP contribution is -2.09. The van der Waals surface area contributed by atoms with Crippen molar-refractivity contribution in [3.8, 4) is 34.3 Å². The van der Waals surface area contributed by atoms with Gasteiger partial charge in [0.2, 0.25) is 5.75 Å². The van der Waals surface area contributed by atoms with Gasteiger partial charge < -0.3 is 19.1 Å². The summed E-state index contributed by atoms with van der Waals surface area (Å²) in [6, 6.07) is 25.5. The quantitative estimate of drug-likeness (QED) is 0.150. The first-order valence-electron chi connectivity index (χ1n) is 12.6. The Labute approximate surface area is 237 Å². The molecule has 0 radical (unpaired) electrons. The Balaban J connectivity index is 1.53. The van der Waals surface area contributed by atoms with E-state index in [1.54, 1.807) is 21.3 Å². The third-order valence-electron chi connectivity index (χ3n) is 6.58. The normalized spacial score (nSPS) is 10.9. The second-order valence-electron chi connectivity index (χ2n) is 9.24. The summed E-state index contributed by atoms with van der Waals surface area (Å²) in [5, 5.41) is 11.8. The Hall–Kier alpha value is -4.50. The van der Waals surface area contributed by atoms with Crippen molar-refractivity contribution in [2.24, 2.45) is 0 Å². The summed E-state index contributed by atoms with van der Waals surface area (Å²) in [6.07, 6.45) is 0. The minimum atomic E-state index is 0.0163. The maximum Gasteiger partial charge on any atom is 0.203 e. The minimum Gasteiger partial charge on any atom is -0.493 e. The van der Waals surface area contributed by atoms with Crippen molar-refractivity contribution >= 4 is 34.0 Å². The van der Waals surface area contributed by atoms with E-state index in [2.05, 4.69) is 10.2 Å². The van der Waals surface area contributed by atoms with Crippen molar-refractivity contribution in [1.82, 2.24) is 14.8 Å². The van der Waals surface area contributed by atoms with E-state index in [0.717, 1.165) is 27.7 Å². The molecule has 0 atom stereocenters. The molecule has 1 aromatic heterocycles. The third-order valence-corrected chi connectivity index (χ3v) is 7.51. The smallest absolute Gasteiger partial charge is 0.203 e. The molecular weight excluding hydrogens is 524 g/mol. The van der Waals surface area contributed by atoms with Gasteiger partial charge in [-0.05, 0) is 53.2 Å². The summed E-state index contributed by atoms with van der Waals surface area (Å²) in [4.78, 5) is 15.2. The molecule has 0 amide bonds. The molecule has 0 saturated carbocycles. The van der Waals surface area contributed by atoms with E-state index in [1.165, 1.54) is 11.8 Å². The van der Waals surface area contributed by atoms with E-state index in [1.807, 2.05) is 102 Å². The fraction of sp³-hybridized carbons (Fsp3) is 0.194. The highest BCUT2D eigenvalue weighted by atomic mass is 32.2. The second-order valence-corrected chi connectivity index (χ2v) is 10.2. The molecule has 5 rings (SSSR count). The number of ketones is 1. The molecule has 204 valence electrons. The second kappa shape index (κ2) is 11.7. The summed E-state index contributed by atoms with van der Waals surface area (Å²) in [5.74, 6) is 2.32. The van der Waals surface area contributed by atoms with Gasteiger partial charge in [-0.3, -0.25) is 9.36 Å². The van der Waals surface area contributed by atoms with Crippen LogP contribution in [0.5, 0.6) is 17.2 Å². The van der Waals surface area contributed by atoms with Gasteiger partial charge in [0.15, 0.2) is 28.3 Å². The minimum absolute atomic E-state index is 0.0163. The molecule has 4 aromatic carbocycles. The molecule has 0 aliphatic rings. The van der Waals surface area contributed by atoms with Crippen molar-refractivity contribution in [1.29, 1.82) is 0 Å². The summed E-state index contributed by atoms with van der Waals surface area (Å²) >= 11 is 1.35. The highest BCUT2D eigenvalue weighted by Crippen LogP contribution is 2.42. The number of thioether (sulfide) groups is 1. The van der Waals surface area contributed by atoms with Gasteiger partial charge in [0, 0.05) is 36.6 Å². The zero-order chi connectivity index (χ0) is 28.2. The fourth-order valence-electron chi connectivity index (χ4n) is 4.47. The first kappa shape index (κ1) is 27.1. The predicted molar refractivity (Wildman–Crippen MR) is 160 cm³/mol. The summed E-state index contributed by atoms with van der Waals surface area (Å²) < 4.78 is 18.6. The highest BCUT2D eigenvalue weighted by Gasteiger charge is 2.22. The van der Waals surface area contributed by atoms with Gasteiger partial charge in [0.1, 0.15) is 0 Å². The summed E-state index contributed by atoms with van der Waals surface area (Å²) in [7, 11) is 8.71. The molecule has 0 saturated heterocycles. The number of carbonyl (C=O) groups excluding carboxylic acids is 1. The van der Waals surface area contributed by atoms with Crippen LogP contribution in [0.2, 0.25) is 0 Å². The van der Waals surface area contributed by atoms with Crippen molar-refractivity contribution in [3.63, 3.8) is 0 Å². The van der Waals surface area contributed by atoms with Crippen LogP contribution in [-0.4, -0.2) is 61.7 Å². The molecular formula is C31H30N4O4S. The van der Waals surface area contributed by atoms with Crippen LogP contribution in [-0.2, 0) is 0 Å². The molecule has 5 aromatic rings. The number of anilines is 1. The van der Waals surface area contributed by atoms with E-state index in [9.17, 15) is 4.79 Å². The Kier molecular flexibility index (Phi) is 7.93. The van der Waals surface area contributed by atoms with Gasteiger partial charge in [-0.2, -0.15) is 0 Å². The molecule has 9 heteroatoms. The van der Waals surface area contributed by atoms with E-state index >= 15 is 0 Å². The van der Waals surface area contributed by atoms with Crippen LogP contribution in [0.4, 0.5) is 5.69 Å². The molecule has 8 nitrogen and oxygen atoms in total. The van der Waals surface area contributed by atoms with Crippen LogP contribution in [0, 0.1) is 0 Å². The lowest BCUT2D eigenvalue weighted by Gasteiger charge is -2.16. The number of ether oxygens (including phenoxy) is 3. The highest BCUT2D eigenvalue weighted by molar-refractivity contribution is 7.99. The monoisotopic (exact) mass is 554 g/mol. The molecule has 0 N–H and O–H groups in total. The van der Waals surface area contributed by atoms with Crippen LogP contribution in [0.25, 0.3) is 27.8 Å². The Morgan fingerprint density at radius 3 is 2.12 bits per heavy atom. The Bertz CT molecular complexity index is 1640. The maximum atomic E-state index is 13.2. The van der Waals surface area contributed by atoms with Gasteiger partial charge >= 0.3 is 0 Å². The third kappa shape index (κ3) is 5.33. The zero-order valence-electron chi connectivity index (χ0n) is 23.0. The number of nitrogens with zero attached hydrogens (tertiary/aromatic N) is 4. The van der Waals surface area contributed by atoms with E-state index in [0.29, 0.717) is 33.8 Å². The van der Waals surface area contributed by atoms with Crippen molar-refractivity contribution in [2.75, 3.05) is 46.1 Å². The maximum absolute atomic E-state index is 13.2. The Morgan fingerprint density at radius 2 is 1.50 bits per heavy atom. The van der Waals surface area contributed by atoms with Gasteiger partial charge in [-0.15, -0.1) is 10.2 Å². The average molecular weight is 555 g/mol. The first-order chi connectivity index (χ1) is 19.4. The first-order valence-corrected chi connectivity index (χ1v) is 13.6. The van der Waals surface area contributed by atoms with E-state index in [4.69, 9.17) is 14.2 Å². The largest absolute Gasteiger partial charge is 0.493 e. The molecule has 0 aliphatic heterocycles. The van der Waals surface area contributed by atoms with Gasteiger partial charge in [0.05, 0.1) is 27.1 Å². The molecule has 0 aliphatic carbocycles. The van der Waals surface area contributed by atoms with Crippen molar-refractivity contribution in [3.05, 3.63) is 84.4 Å². The molecule has 1 heterocycles. The predicted octanol–water partition coefficient (Wildman–Crippen LogP) is 6.15. The topological polar surface area (TPSA) is 78.7 Å². The standard InChI is InChI=1S/C31H30N4O4S/c1-34(2)24-12-14-25(15-13-24)35-30(23-17-27(37-3)29(39-5)28(18-23)38-4)32-33-31(35)40-19-26(36)22-11-10-20-8-6-7-9-21(20)16-22/h6-18H,19H2,1-5H3. The number of methoxy groups -OCH3 is 3. The molecule has 40 heavy (non-hydrogen) atoms. The average Bonchev–Trinajstić information content (AvgIpc) is 3.42. The number of aromatic nitrogens is 3. The number of rotatable bonds is 10. The lowest BCUT2D eigenvalue weighted by atomic mass is 10.1. The van der Waals surface area contributed by atoms with Crippen molar-refractivity contribution < 1.29 is 19.0 Å². The number of fused-ring (bicyclic) bond motifs is 1.